The second-order valence-corrected chi connectivity index (χ2v) is 5.30. The summed E-state index contributed by atoms with van der Waals surface area (Å²) >= 11 is 0. The van der Waals surface area contributed by atoms with Gasteiger partial charge in [-0.3, -0.25) is 9.59 Å². The van der Waals surface area contributed by atoms with Crippen LogP contribution in [0.5, 0.6) is 0 Å². The molecule has 0 heterocycles. The molecule has 0 atom stereocenters. The molecule has 0 radical (unpaired) electrons. The van der Waals surface area contributed by atoms with Crippen LogP contribution in [0.2, 0.25) is 0 Å². The molecule has 0 aliphatic carbocycles. The summed E-state index contributed by atoms with van der Waals surface area (Å²) in [5.74, 6) is -1.36. The molecule has 0 aromatic heterocycles. The number of hydrogen-bond donors (Lipinski definition) is 1. The summed E-state index contributed by atoms with van der Waals surface area (Å²) < 4.78 is 4.96. The molecule has 0 aromatic rings. The quantitative estimate of drug-likeness (QED) is 0.299. The third-order valence-corrected chi connectivity index (χ3v) is 3.30. The third kappa shape index (κ3) is 19.9. The predicted molar refractivity (Wildman–Crippen MR) is 80.8 cm³/mol. The van der Waals surface area contributed by atoms with Crippen LogP contribution in [0.15, 0.2) is 0 Å². The summed E-state index contributed by atoms with van der Waals surface area (Å²) in [6, 6.07) is 0. The minimum absolute atomic E-state index is 0. The van der Waals surface area contributed by atoms with Gasteiger partial charge in [0.1, 0.15) is 0 Å². The minimum atomic E-state index is -0.958. The summed E-state index contributed by atoms with van der Waals surface area (Å²) in [6.45, 7) is 2.66. The number of hydrogen-bond acceptors (Lipinski definition) is 3. The Kier molecular flexibility index (Phi) is 19.9. The molecule has 0 aliphatic rings. The SMILES string of the molecule is CCCCCCCCCCCCOC(=O)CCC(=O)O.[H-].[Na+]. The molecule has 120 valence electrons. The first-order valence-corrected chi connectivity index (χ1v) is 8.04. The molecule has 4 nitrogen and oxygen atoms in total. The zero-order valence-corrected chi connectivity index (χ0v) is 15.9. The van der Waals surface area contributed by atoms with Gasteiger partial charge in [0.05, 0.1) is 19.4 Å². The molecule has 21 heavy (non-hydrogen) atoms. The van der Waals surface area contributed by atoms with Crippen LogP contribution in [-0.2, 0) is 14.3 Å². The summed E-state index contributed by atoms with van der Waals surface area (Å²) in [4.78, 5) is 21.4. The van der Waals surface area contributed by atoms with Crippen LogP contribution in [0.3, 0.4) is 0 Å². The van der Waals surface area contributed by atoms with Crippen molar-refractivity contribution in [2.75, 3.05) is 6.61 Å². The van der Waals surface area contributed by atoms with E-state index in [2.05, 4.69) is 6.92 Å². The van der Waals surface area contributed by atoms with E-state index in [9.17, 15) is 9.59 Å². The van der Waals surface area contributed by atoms with Gasteiger partial charge in [0.2, 0.25) is 0 Å². The van der Waals surface area contributed by atoms with Crippen LogP contribution < -0.4 is 29.6 Å². The molecule has 0 unspecified atom stereocenters. The van der Waals surface area contributed by atoms with E-state index >= 15 is 0 Å². The Balaban J connectivity index is -0.00000180. The number of carbonyl (C=O) groups excluding carboxylic acids is 1. The fourth-order valence-corrected chi connectivity index (χ4v) is 2.06. The molecule has 0 amide bonds. The Morgan fingerprint density at radius 1 is 0.857 bits per heavy atom. The van der Waals surface area contributed by atoms with Gasteiger partial charge in [-0.1, -0.05) is 64.7 Å². The second-order valence-electron chi connectivity index (χ2n) is 5.30. The van der Waals surface area contributed by atoms with E-state index in [1.165, 1.54) is 51.4 Å². The fraction of sp³-hybridized carbons (Fsp3) is 0.875. The molecular formula is C16H31NaO4. The van der Waals surface area contributed by atoms with Crippen molar-refractivity contribution in [3.05, 3.63) is 0 Å². The number of aliphatic carboxylic acids is 1. The topological polar surface area (TPSA) is 63.6 Å². The van der Waals surface area contributed by atoms with Crippen LogP contribution in [0, 0.1) is 0 Å². The third-order valence-electron chi connectivity index (χ3n) is 3.30. The van der Waals surface area contributed by atoms with Gasteiger partial charge < -0.3 is 11.3 Å². The largest absolute Gasteiger partial charge is 1.00 e. The van der Waals surface area contributed by atoms with Gasteiger partial charge in [0.25, 0.3) is 0 Å². The number of ether oxygens (including phenoxy) is 1. The van der Waals surface area contributed by atoms with E-state index in [0.717, 1.165) is 12.8 Å². The Bertz CT molecular complexity index is 263. The van der Waals surface area contributed by atoms with E-state index in [0.29, 0.717) is 6.61 Å². The van der Waals surface area contributed by atoms with Gasteiger partial charge in [0, 0.05) is 0 Å². The van der Waals surface area contributed by atoms with Crippen molar-refractivity contribution in [3.8, 4) is 0 Å². The number of esters is 1. The van der Waals surface area contributed by atoms with Gasteiger partial charge in [-0.25, -0.2) is 0 Å². The van der Waals surface area contributed by atoms with Crippen LogP contribution >= 0.6 is 0 Å². The predicted octanol–water partition coefficient (Wildman–Crippen LogP) is 1.43. The van der Waals surface area contributed by atoms with Gasteiger partial charge in [0.15, 0.2) is 0 Å². The number of carboxylic acid groups (broad SMARTS) is 1. The number of carbonyl (C=O) groups is 2. The van der Waals surface area contributed by atoms with Crippen molar-refractivity contribution in [1.29, 1.82) is 0 Å². The first-order chi connectivity index (χ1) is 9.66. The van der Waals surface area contributed by atoms with Crippen molar-refractivity contribution >= 4 is 11.9 Å². The number of rotatable bonds is 14. The maximum Gasteiger partial charge on any atom is 1.00 e. The fourth-order valence-electron chi connectivity index (χ4n) is 2.06. The Labute approximate surface area is 152 Å². The molecule has 5 heteroatoms. The van der Waals surface area contributed by atoms with Gasteiger partial charge in [-0.05, 0) is 6.42 Å². The standard InChI is InChI=1S/C16H30O4.Na.H/c1-2-3-4-5-6-7-8-9-10-11-14-20-16(19)13-12-15(17)18;;/h2-14H2,1H3,(H,17,18);;/q;+1;-1. The Morgan fingerprint density at radius 2 is 1.33 bits per heavy atom. The van der Waals surface area contributed by atoms with E-state index < -0.39 is 11.9 Å². The average molecular weight is 310 g/mol. The van der Waals surface area contributed by atoms with E-state index in [4.69, 9.17) is 9.84 Å². The van der Waals surface area contributed by atoms with Gasteiger partial charge in [-0.2, -0.15) is 0 Å². The van der Waals surface area contributed by atoms with Crippen molar-refractivity contribution < 1.29 is 50.4 Å². The number of unbranched alkanes of at least 4 members (excludes halogenated alkanes) is 9. The van der Waals surface area contributed by atoms with E-state index in [1.54, 1.807) is 0 Å². The van der Waals surface area contributed by atoms with Gasteiger partial charge >= 0.3 is 41.5 Å². The molecule has 0 fully saturated rings. The molecule has 0 spiro atoms. The van der Waals surface area contributed by atoms with Crippen LogP contribution in [0.1, 0.15) is 85.4 Å². The molecule has 0 aliphatic heterocycles. The van der Waals surface area contributed by atoms with E-state index in [1.807, 2.05) is 0 Å². The molecule has 0 saturated heterocycles. The van der Waals surface area contributed by atoms with Crippen molar-refractivity contribution in [2.24, 2.45) is 0 Å². The molecule has 1 N–H and O–H groups in total. The van der Waals surface area contributed by atoms with E-state index in [-0.39, 0.29) is 43.8 Å². The minimum Gasteiger partial charge on any atom is -1.00 e. The number of carboxylic acids is 1. The van der Waals surface area contributed by atoms with Gasteiger partial charge in [-0.15, -0.1) is 0 Å². The molecular weight excluding hydrogens is 279 g/mol. The molecule has 0 rings (SSSR count). The first kappa shape index (κ1) is 23.2. The Hall–Kier alpha value is -0.0600. The van der Waals surface area contributed by atoms with Crippen LogP contribution in [0.4, 0.5) is 0 Å². The van der Waals surface area contributed by atoms with Crippen LogP contribution in [-0.4, -0.2) is 23.7 Å². The van der Waals surface area contributed by atoms with Crippen LogP contribution in [0.25, 0.3) is 0 Å². The zero-order chi connectivity index (χ0) is 15.1. The molecule has 0 aromatic carbocycles. The smallest absolute Gasteiger partial charge is 1.00 e. The normalized spacial score (nSPS) is 9.95. The summed E-state index contributed by atoms with van der Waals surface area (Å²) in [5, 5.41) is 8.41. The average Bonchev–Trinajstić information content (AvgIpc) is 2.42. The molecule has 0 bridgehead atoms. The molecule has 0 saturated carbocycles. The second kappa shape index (κ2) is 18.0. The van der Waals surface area contributed by atoms with Crippen molar-refractivity contribution in [2.45, 2.75) is 84.0 Å². The maximum atomic E-state index is 11.1. The van der Waals surface area contributed by atoms with Crippen molar-refractivity contribution in [3.63, 3.8) is 0 Å². The summed E-state index contributed by atoms with van der Waals surface area (Å²) in [7, 11) is 0. The maximum absolute atomic E-state index is 11.1. The Morgan fingerprint density at radius 3 is 1.81 bits per heavy atom. The van der Waals surface area contributed by atoms with Crippen molar-refractivity contribution in [1.82, 2.24) is 0 Å². The summed E-state index contributed by atoms with van der Waals surface area (Å²) in [5.41, 5.74) is 0. The first-order valence-electron chi connectivity index (χ1n) is 8.04. The zero-order valence-electron chi connectivity index (χ0n) is 14.9. The monoisotopic (exact) mass is 310 g/mol. The summed E-state index contributed by atoms with van der Waals surface area (Å²) in [6.07, 6.45) is 12.3.